The highest BCUT2D eigenvalue weighted by atomic mass is 32.2. The molecular formula is C16H27N5O2S2. The van der Waals surface area contributed by atoms with Gasteiger partial charge in [0.25, 0.3) is 0 Å². The molecule has 0 bridgehead atoms. The van der Waals surface area contributed by atoms with Crippen molar-refractivity contribution < 1.29 is 8.42 Å². The molecule has 0 radical (unpaired) electrons. The van der Waals surface area contributed by atoms with Crippen LogP contribution in [-0.4, -0.2) is 47.6 Å². The van der Waals surface area contributed by atoms with E-state index in [1.807, 2.05) is 18.5 Å². The van der Waals surface area contributed by atoms with Gasteiger partial charge in [0.15, 0.2) is 14.9 Å². The number of thiocarbonyl (C=S) groups is 1. The van der Waals surface area contributed by atoms with Gasteiger partial charge in [-0.25, -0.2) is 8.42 Å². The van der Waals surface area contributed by atoms with Gasteiger partial charge in [-0.3, -0.25) is 10.1 Å². The van der Waals surface area contributed by atoms with E-state index in [2.05, 4.69) is 27.9 Å². The fourth-order valence-corrected chi connectivity index (χ4v) is 4.80. The third-order valence-electron chi connectivity index (χ3n) is 4.36. The summed E-state index contributed by atoms with van der Waals surface area (Å²) in [6.07, 6.45) is 5.73. The summed E-state index contributed by atoms with van der Waals surface area (Å²) in [5.41, 5.74) is 5.46. The van der Waals surface area contributed by atoms with E-state index in [0.717, 1.165) is 29.9 Å². The van der Waals surface area contributed by atoms with Crippen LogP contribution in [0.25, 0.3) is 0 Å². The number of nitrogens with one attached hydrogen (secondary N) is 2. The summed E-state index contributed by atoms with van der Waals surface area (Å²) in [7, 11) is -2.94. The Labute approximate surface area is 155 Å². The minimum atomic E-state index is -2.94. The molecule has 1 aliphatic rings. The highest BCUT2D eigenvalue weighted by Crippen LogP contribution is 2.26. The molecule has 0 aliphatic carbocycles. The Morgan fingerprint density at radius 2 is 2.20 bits per heavy atom. The molecule has 1 atom stereocenters. The lowest BCUT2D eigenvalue weighted by Gasteiger charge is -2.10. The van der Waals surface area contributed by atoms with Crippen molar-refractivity contribution in [3.05, 3.63) is 17.0 Å². The van der Waals surface area contributed by atoms with Crippen LogP contribution in [0.2, 0.25) is 0 Å². The summed E-state index contributed by atoms with van der Waals surface area (Å²) in [5.74, 6) is 0.397. The molecule has 1 saturated heterocycles. The molecule has 0 unspecified atom stereocenters. The second kappa shape index (κ2) is 8.75. The van der Waals surface area contributed by atoms with E-state index in [9.17, 15) is 8.42 Å². The summed E-state index contributed by atoms with van der Waals surface area (Å²) in [5, 5.41) is 12.3. The van der Waals surface area contributed by atoms with E-state index >= 15 is 0 Å². The van der Waals surface area contributed by atoms with Gasteiger partial charge >= 0.3 is 0 Å². The molecule has 7 nitrogen and oxygen atoms in total. The van der Waals surface area contributed by atoms with Crippen molar-refractivity contribution in [2.45, 2.75) is 52.5 Å². The average molecular weight is 386 g/mol. The molecule has 1 aromatic heterocycles. The topological polar surface area (TPSA) is 88.4 Å². The van der Waals surface area contributed by atoms with Crippen LogP contribution in [0.5, 0.6) is 0 Å². The van der Waals surface area contributed by atoms with Gasteiger partial charge in [0, 0.05) is 17.8 Å². The third-order valence-corrected chi connectivity index (χ3v) is 6.35. The van der Waals surface area contributed by atoms with Gasteiger partial charge in [0.05, 0.1) is 29.5 Å². The van der Waals surface area contributed by atoms with Gasteiger partial charge in [0.1, 0.15) is 0 Å². The van der Waals surface area contributed by atoms with Gasteiger partial charge in [0.2, 0.25) is 0 Å². The molecule has 2 N–H and O–H groups in total. The number of aromatic nitrogens is 2. The molecule has 140 valence electrons. The van der Waals surface area contributed by atoms with Crippen molar-refractivity contribution in [2.24, 2.45) is 5.10 Å². The van der Waals surface area contributed by atoms with Crippen LogP contribution in [0.15, 0.2) is 5.10 Å². The van der Waals surface area contributed by atoms with Crippen LogP contribution in [0.4, 0.5) is 0 Å². The fraction of sp³-hybridized carbons (Fsp3) is 0.688. The number of aryl methyl sites for hydroxylation is 1. The second-order valence-corrected chi connectivity index (χ2v) is 9.06. The Morgan fingerprint density at radius 3 is 2.84 bits per heavy atom. The molecule has 9 heteroatoms. The summed E-state index contributed by atoms with van der Waals surface area (Å²) in [4.78, 5) is 0. The fourth-order valence-electron chi connectivity index (χ4n) is 2.96. The van der Waals surface area contributed by atoms with E-state index in [-0.39, 0.29) is 17.5 Å². The highest BCUT2D eigenvalue weighted by Gasteiger charge is 2.31. The van der Waals surface area contributed by atoms with Crippen molar-refractivity contribution >= 4 is 33.4 Å². The van der Waals surface area contributed by atoms with Crippen LogP contribution < -0.4 is 10.7 Å². The third kappa shape index (κ3) is 5.50. The smallest absolute Gasteiger partial charge is 0.186 e. The van der Waals surface area contributed by atoms with Crippen LogP contribution >= 0.6 is 12.2 Å². The molecule has 0 spiro atoms. The predicted octanol–water partition coefficient (Wildman–Crippen LogP) is 1.85. The summed E-state index contributed by atoms with van der Waals surface area (Å²) in [6, 6.07) is -0.0832. The number of hydrazone groups is 1. The van der Waals surface area contributed by atoms with Crippen LogP contribution in [-0.2, 0) is 9.84 Å². The van der Waals surface area contributed by atoms with Crippen molar-refractivity contribution in [3.63, 3.8) is 0 Å². The normalized spacial score (nSPS) is 19.4. The van der Waals surface area contributed by atoms with E-state index < -0.39 is 9.84 Å². The van der Waals surface area contributed by atoms with E-state index in [1.54, 1.807) is 6.21 Å². The quantitative estimate of drug-likeness (QED) is 0.322. The Balaban J connectivity index is 1.95. The first-order valence-corrected chi connectivity index (χ1v) is 10.9. The lowest BCUT2D eigenvalue weighted by molar-refractivity contribution is 0.486. The van der Waals surface area contributed by atoms with E-state index in [0.29, 0.717) is 11.5 Å². The highest BCUT2D eigenvalue weighted by molar-refractivity contribution is 7.91. The van der Waals surface area contributed by atoms with E-state index in [1.165, 1.54) is 12.8 Å². The Morgan fingerprint density at radius 1 is 1.44 bits per heavy atom. The molecule has 2 heterocycles. The maximum atomic E-state index is 11.7. The Kier molecular flexibility index (Phi) is 6.95. The molecule has 25 heavy (non-hydrogen) atoms. The monoisotopic (exact) mass is 385 g/mol. The molecule has 1 aromatic rings. The average Bonchev–Trinajstić information content (AvgIpc) is 3.04. The maximum absolute atomic E-state index is 11.7. The van der Waals surface area contributed by atoms with Crippen molar-refractivity contribution in [3.8, 4) is 0 Å². The summed E-state index contributed by atoms with van der Waals surface area (Å²) < 4.78 is 25.2. The molecule has 0 aromatic carbocycles. The standard InChI is InChI=1S/C16H27N5O2S2/c1-4-5-6-8-17-16(24)19-18-10-15-12(2)20-21(13(15)3)14-7-9-25(22,23)11-14/h10,14H,4-9,11H2,1-3H3,(H2,17,19,24)/b18-10-/t14-/m1/s1. The summed E-state index contributed by atoms with van der Waals surface area (Å²) in [6.45, 7) is 6.83. The molecular weight excluding hydrogens is 358 g/mol. The van der Waals surface area contributed by atoms with Gasteiger partial charge < -0.3 is 5.32 Å². The van der Waals surface area contributed by atoms with Gasteiger partial charge in [-0.15, -0.1) is 0 Å². The second-order valence-electron chi connectivity index (χ2n) is 6.42. The molecule has 0 amide bonds. The number of sulfone groups is 1. The van der Waals surface area contributed by atoms with Gasteiger partial charge in [-0.05, 0) is 38.9 Å². The van der Waals surface area contributed by atoms with Crippen LogP contribution in [0.3, 0.4) is 0 Å². The minimum Gasteiger partial charge on any atom is -0.361 e. The largest absolute Gasteiger partial charge is 0.361 e. The van der Waals surface area contributed by atoms with Crippen LogP contribution in [0.1, 0.15) is 55.6 Å². The molecule has 2 rings (SSSR count). The van der Waals surface area contributed by atoms with Crippen molar-refractivity contribution in [1.29, 1.82) is 0 Å². The first-order chi connectivity index (χ1) is 11.8. The Hall–Kier alpha value is -1.48. The lowest BCUT2D eigenvalue weighted by atomic mass is 10.2. The first kappa shape index (κ1) is 19.8. The molecule has 1 fully saturated rings. The van der Waals surface area contributed by atoms with Gasteiger partial charge in [-0.2, -0.15) is 10.2 Å². The van der Waals surface area contributed by atoms with E-state index in [4.69, 9.17) is 12.2 Å². The molecule has 1 aliphatic heterocycles. The molecule has 0 saturated carbocycles. The van der Waals surface area contributed by atoms with Crippen molar-refractivity contribution in [1.82, 2.24) is 20.5 Å². The summed E-state index contributed by atoms with van der Waals surface area (Å²) >= 11 is 5.18. The number of rotatable bonds is 7. The number of hydrogen-bond acceptors (Lipinski definition) is 5. The lowest BCUT2D eigenvalue weighted by Crippen LogP contribution is -2.32. The first-order valence-electron chi connectivity index (χ1n) is 8.67. The van der Waals surface area contributed by atoms with Crippen molar-refractivity contribution in [2.75, 3.05) is 18.1 Å². The Bertz CT molecular complexity index is 740. The zero-order valence-corrected chi connectivity index (χ0v) is 16.7. The zero-order valence-electron chi connectivity index (χ0n) is 15.1. The SMILES string of the molecule is CCCCCNC(=S)N/N=C\c1c(C)nn([C@@H]2CCS(=O)(=O)C2)c1C. The predicted molar refractivity (Wildman–Crippen MR) is 105 cm³/mol. The number of hydrogen-bond donors (Lipinski definition) is 2. The minimum absolute atomic E-state index is 0.0832. The zero-order chi connectivity index (χ0) is 18.4. The number of nitrogens with zero attached hydrogens (tertiary/aromatic N) is 3. The number of unbranched alkanes of at least 4 members (excludes halogenated alkanes) is 2. The maximum Gasteiger partial charge on any atom is 0.186 e. The van der Waals surface area contributed by atoms with Crippen LogP contribution in [0, 0.1) is 13.8 Å². The van der Waals surface area contributed by atoms with Gasteiger partial charge in [-0.1, -0.05) is 19.8 Å².